The molecule has 5 rings (SSSR count). The third-order valence-electron chi connectivity index (χ3n) is 5.99. The predicted molar refractivity (Wildman–Crippen MR) is 137 cm³/mol. The van der Waals surface area contributed by atoms with Gasteiger partial charge < -0.3 is 10.2 Å². The number of aromatic nitrogens is 4. The first-order valence-electron chi connectivity index (χ1n) is 12.5. The molecule has 4 aromatic rings. The Morgan fingerprint density at radius 1 is 0.930 bits per heavy atom. The van der Waals surface area contributed by atoms with Gasteiger partial charge in [0.15, 0.2) is 11.5 Å². The largest absolute Gasteiger partial charge is 0.490 e. The topological polar surface area (TPSA) is 121 Å². The Kier molecular flexibility index (Phi) is 10.7. The van der Waals surface area contributed by atoms with Gasteiger partial charge in [0.1, 0.15) is 5.82 Å². The Morgan fingerprint density at radius 2 is 1.60 bits per heavy atom. The maximum Gasteiger partial charge on any atom is 0.490 e. The van der Waals surface area contributed by atoms with Crippen molar-refractivity contribution >= 4 is 17.6 Å². The van der Waals surface area contributed by atoms with Crippen LogP contribution in [-0.4, -0.2) is 72.1 Å². The molecule has 1 atom stereocenters. The number of halogens is 7. The third kappa shape index (κ3) is 10.0. The van der Waals surface area contributed by atoms with Crippen molar-refractivity contribution in [1.82, 2.24) is 24.5 Å². The molecule has 0 radical (unpaired) electrons. The van der Waals surface area contributed by atoms with Crippen molar-refractivity contribution in [3.8, 4) is 11.1 Å². The summed E-state index contributed by atoms with van der Waals surface area (Å²) in [5.74, 6) is -4.55. The number of benzene rings is 1. The molecule has 1 fully saturated rings. The van der Waals surface area contributed by atoms with E-state index in [9.17, 15) is 30.7 Å². The fourth-order valence-electron chi connectivity index (χ4n) is 4.07. The summed E-state index contributed by atoms with van der Waals surface area (Å²) >= 11 is 0. The zero-order valence-corrected chi connectivity index (χ0v) is 22.1. The Labute approximate surface area is 239 Å². The van der Waals surface area contributed by atoms with Crippen LogP contribution in [0.5, 0.6) is 0 Å². The number of alkyl halides is 6. The van der Waals surface area contributed by atoms with Crippen LogP contribution in [0.2, 0.25) is 0 Å². The Balaban J connectivity index is 0.000000303. The molecule has 1 saturated heterocycles. The molecule has 0 saturated carbocycles. The van der Waals surface area contributed by atoms with Gasteiger partial charge in [0, 0.05) is 43.2 Å². The number of likely N-dealkylation sites (tertiary alicyclic amines) is 1. The highest BCUT2D eigenvalue weighted by Crippen LogP contribution is 2.27. The van der Waals surface area contributed by atoms with Crippen molar-refractivity contribution in [2.24, 2.45) is 0 Å². The smallest absolute Gasteiger partial charge is 0.475 e. The first-order chi connectivity index (χ1) is 20.1. The quantitative estimate of drug-likeness (QED) is 0.286. The lowest BCUT2D eigenvalue weighted by Crippen LogP contribution is -2.34. The van der Waals surface area contributed by atoms with E-state index in [0.717, 1.165) is 55.1 Å². The van der Waals surface area contributed by atoms with Crippen LogP contribution in [-0.2, 0) is 16.1 Å². The van der Waals surface area contributed by atoms with Gasteiger partial charge in [-0.2, -0.15) is 31.4 Å². The summed E-state index contributed by atoms with van der Waals surface area (Å²) in [5.41, 5.74) is 3.82. The van der Waals surface area contributed by atoms with Crippen LogP contribution in [0, 0.1) is 5.82 Å². The molecule has 0 spiro atoms. The lowest BCUT2D eigenvalue weighted by Gasteiger charge is -2.31. The number of carboxylic acids is 2. The summed E-state index contributed by atoms with van der Waals surface area (Å²) in [5, 5.41) is 19.0. The molecule has 2 N–H and O–H groups in total. The molecule has 1 unspecified atom stereocenters. The van der Waals surface area contributed by atoms with E-state index >= 15 is 0 Å². The van der Waals surface area contributed by atoms with Crippen LogP contribution in [0.15, 0.2) is 67.1 Å². The number of aliphatic carboxylic acids is 2. The minimum Gasteiger partial charge on any atom is -0.475 e. The van der Waals surface area contributed by atoms with Crippen LogP contribution in [0.25, 0.3) is 16.8 Å². The number of rotatable bonds is 4. The number of carbonyl (C=O) groups is 2. The second-order valence-electron chi connectivity index (χ2n) is 9.24. The van der Waals surface area contributed by atoms with Crippen LogP contribution in [0.3, 0.4) is 0 Å². The number of piperidine rings is 1. The molecule has 0 aliphatic carbocycles. The van der Waals surface area contributed by atoms with Gasteiger partial charge in [-0.15, -0.1) is 0 Å². The summed E-state index contributed by atoms with van der Waals surface area (Å²) in [6.45, 7) is 2.94. The zero-order chi connectivity index (χ0) is 31.8. The molecule has 0 bridgehead atoms. The van der Waals surface area contributed by atoms with Crippen LogP contribution >= 0.6 is 0 Å². The Bertz CT molecular complexity index is 1500. The molecular formula is C27H24F7N5O4. The molecule has 3 aromatic heterocycles. The number of carboxylic acid groups (broad SMARTS) is 2. The lowest BCUT2D eigenvalue weighted by atomic mass is 9.97. The molecule has 16 heteroatoms. The van der Waals surface area contributed by atoms with Gasteiger partial charge in [-0.05, 0) is 60.8 Å². The van der Waals surface area contributed by atoms with Crippen LogP contribution < -0.4 is 0 Å². The number of hydrogen-bond donors (Lipinski definition) is 2. The minimum absolute atomic E-state index is 0.238. The maximum atomic E-state index is 13.6. The van der Waals surface area contributed by atoms with Crippen molar-refractivity contribution in [3.63, 3.8) is 0 Å². The SMILES string of the molecule is Fc1cccc(-c2ccc3nc(C4CCCN(Cc5cccnc5)C4)nn3c2)c1.O=C(O)C(F)(F)F.O=C(O)C(F)(F)F. The minimum atomic E-state index is -5.08. The molecule has 9 nitrogen and oxygen atoms in total. The highest BCUT2D eigenvalue weighted by molar-refractivity contribution is 5.73. The van der Waals surface area contributed by atoms with Gasteiger partial charge in [0.05, 0.1) is 0 Å². The van der Waals surface area contributed by atoms with Crippen molar-refractivity contribution < 1.29 is 50.5 Å². The monoisotopic (exact) mass is 615 g/mol. The van der Waals surface area contributed by atoms with Gasteiger partial charge in [-0.1, -0.05) is 18.2 Å². The second kappa shape index (κ2) is 14.0. The van der Waals surface area contributed by atoms with E-state index in [2.05, 4.69) is 16.0 Å². The molecule has 1 aromatic carbocycles. The van der Waals surface area contributed by atoms with Gasteiger partial charge >= 0.3 is 24.3 Å². The summed E-state index contributed by atoms with van der Waals surface area (Å²) in [4.78, 5) is 29.2. The first kappa shape index (κ1) is 32.9. The number of pyridine rings is 2. The number of hydrogen-bond acceptors (Lipinski definition) is 6. The summed E-state index contributed by atoms with van der Waals surface area (Å²) < 4.78 is 78.9. The van der Waals surface area contributed by atoms with E-state index < -0.39 is 24.3 Å². The van der Waals surface area contributed by atoms with Crippen LogP contribution in [0.4, 0.5) is 30.7 Å². The van der Waals surface area contributed by atoms with Crippen molar-refractivity contribution in [1.29, 1.82) is 0 Å². The average Bonchev–Trinajstić information content (AvgIpc) is 3.37. The average molecular weight is 616 g/mol. The summed E-state index contributed by atoms with van der Waals surface area (Å²) in [7, 11) is 0. The van der Waals surface area contributed by atoms with Crippen molar-refractivity contribution in [3.05, 3.63) is 84.3 Å². The standard InChI is InChI=1S/C23H22FN5.2C2HF3O2/c24-21-7-1-5-18(12-21)19-8-9-22-26-23(27-29(22)16-19)20-6-3-11-28(15-20)14-17-4-2-10-25-13-17;2*3-2(4,5)1(6)7/h1-2,4-5,7-10,12-13,16,20H,3,6,11,14-15H2;2*(H,6,7). The van der Waals surface area contributed by atoms with Gasteiger partial charge in [-0.3, -0.25) is 9.88 Å². The Morgan fingerprint density at radius 3 is 2.19 bits per heavy atom. The van der Waals surface area contributed by atoms with Crippen molar-refractivity contribution in [2.75, 3.05) is 13.1 Å². The molecular weight excluding hydrogens is 591 g/mol. The lowest BCUT2D eigenvalue weighted by molar-refractivity contribution is -0.193. The highest BCUT2D eigenvalue weighted by atomic mass is 19.4. The van der Waals surface area contributed by atoms with Gasteiger partial charge in [0.2, 0.25) is 0 Å². The maximum absolute atomic E-state index is 13.6. The molecule has 4 heterocycles. The molecule has 230 valence electrons. The van der Waals surface area contributed by atoms with E-state index in [4.69, 9.17) is 29.9 Å². The van der Waals surface area contributed by atoms with Crippen molar-refractivity contribution in [2.45, 2.75) is 37.7 Å². The van der Waals surface area contributed by atoms with Gasteiger partial charge in [-0.25, -0.2) is 23.5 Å². The van der Waals surface area contributed by atoms with Gasteiger partial charge in [0.25, 0.3) is 0 Å². The van der Waals surface area contributed by atoms with E-state index in [1.807, 2.05) is 41.2 Å². The molecule has 43 heavy (non-hydrogen) atoms. The molecule has 0 amide bonds. The summed E-state index contributed by atoms with van der Waals surface area (Å²) in [6.07, 6.45) is -2.27. The highest BCUT2D eigenvalue weighted by Gasteiger charge is 2.38. The van der Waals surface area contributed by atoms with Crippen LogP contribution in [0.1, 0.15) is 30.1 Å². The first-order valence-corrected chi connectivity index (χ1v) is 12.5. The number of fused-ring (bicyclic) bond motifs is 1. The second-order valence-corrected chi connectivity index (χ2v) is 9.24. The molecule has 1 aliphatic rings. The van der Waals surface area contributed by atoms with E-state index in [1.165, 1.54) is 17.7 Å². The normalized spacial score (nSPS) is 15.6. The summed E-state index contributed by atoms with van der Waals surface area (Å²) in [6, 6.07) is 14.6. The molecule has 1 aliphatic heterocycles. The fraction of sp³-hybridized carbons (Fsp3) is 0.296. The fourth-order valence-corrected chi connectivity index (χ4v) is 4.07. The predicted octanol–water partition coefficient (Wildman–Crippen LogP) is 5.58. The van der Waals surface area contributed by atoms with E-state index in [0.29, 0.717) is 5.92 Å². The number of nitrogens with zero attached hydrogens (tertiary/aromatic N) is 5. The van der Waals surface area contributed by atoms with E-state index in [1.54, 1.807) is 12.3 Å². The Hall–Kier alpha value is -4.60. The zero-order valence-electron chi connectivity index (χ0n) is 22.1. The third-order valence-corrected chi connectivity index (χ3v) is 5.99. The van der Waals surface area contributed by atoms with E-state index in [-0.39, 0.29) is 5.82 Å².